The van der Waals surface area contributed by atoms with E-state index in [0.29, 0.717) is 5.69 Å². The van der Waals surface area contributed by atoms with Crippen LogP contribution in [0, 0.1) is 0 Å². The highest BCUT2D eigenvalue weighted by atomic mass is 16.2. The van der Waals surface area contributed by atoms with Gasteiger partial charge in [0.05, 0.1) is 11.9 Å². The largest absolute Gasteiger partial charge is 0.397 e. The van der Waals surface area contributed by atoms with Gasteiger partial charge in [0.25, 0.3) is 0 Å². The number of nitrogens with one attached hydrogen (secondary N) is 1. The van der Waals surface area contributed by atoms with Crippen LogP contribution in [0.1, 0.15) is 6.92 Å². The lowest BCUT2D eigenvalue weighted by Gasteiger charge is -1.66. The van der Waals surface area contributed by atoms with Gasteiger partial charge in [-0.15, -0.1) is 0 Å². The molecule has 52 valence electrons. The second-order valence-corrected chi connectivity index (χ2v) is 1.35. The van der Waals surface area contributed by atoms with Gasteiger partial charge < -0.3 is 10.8 Å². The van der Waals surface area contributed by atoms with Crippen LogP contribution in [0.3, 0.4) is 0 Å². The Bertz CT molecular complexity index is 127. The molecule has 0 bridgehead atoms. The van der Waals surface area contributed by atoms with Crippen molar-refractivity contribution in [1.29, 1.82) is 0 Å². The van der Waals surface area contributed by atoms with E-state index < -0.39 is 0 Å². The average molecular weight is 129 g/mol. The lowest BCUT2D eigenvalue weighted by Crippen LogP contribution is -1.75. The van der Waals surface area contributed by atoms with Crippen LogP contribution < -0.4 is 5.73 Å². The summed E-state index contributed by atoms with van der Waals surface area (Å²) in [6, 6.07) is 0. The number of hydrogen-bond acceptors (Lipinski definition) is 3. The Hall–Kier alpha value is -1.03. The molecule has 0 aromatic carbocycles. The average Bonchev–Trinajstić information content (AvgIpc) is 2.20. The predicted molar refractivity (Wildman–Crippen MR) is 35.8 cm³/mol. The molecule has 1 rings (SSSR count). The molecule has 4 nitrogen and oxygen atoms in total. The number of aliphatic hydroxyl groups excluding tert-OH is 1. The van der Waals surface area contributed by atoms with E-state index in [1.165, 1.54) is 0 Å². The molecule has 9 heavy (non-hydrogen) atoms. The van der Waals surface area contributed by atoms with Crippen molar-refractivity contribution in [2.45, 2.75) is 6.92 Å². The van der Waals surface area contributed by atoms with Gasteiger partial charge in [0.2, 0.25) is 0 Å². The fourth-order valence-corrected chi connectivity index (χ4v) is 0.261. The number of rotatable bonds is 0. The van der Waals surface area contributed by atoms with Gasteiger partial charge in [-0.3, -0.25) is 5.10 Å². The quantitative estimate of drug-likeness (QED) is 0.461. The Morgan fingerprint density at radius 3 is 2.56 bits per heavy atom. The summed E-state index contributed by atoms with van der Waals surface area (Å²) in [6.07, 6.45) is 3.18. The van der Waals surface area contributed by atoms with Crippen molar-refractivity contribution in [3.8, 4) is 0 Å². The van der Waals surface area contributed by atoms with Crippen LogP contribution in [0.2, 0.25) is 0 Å². The summed E-state index contributed by atoms with van der Waals surface area (Å²) in [6.45, 7) is 1.93. The molecular formula is C5H11N3O. The van der Waals surface area contributed by atoms with Crippen LogP contribution in [0.25, 0.3) is 0 Å². The van der Waals surface area contributed by atoms with Crippen molar-refractivity contribution in [2.75, 3.05) is 12.3 Å². The monoisotopic (exact) mass is 129 g/mol. The molecular weight excluding hydrogens is 118 g/mol. The molecule has 1 heterocycles. The van der Waals surface area contributed by atoms with Crippen molar-refractivity contribution >= 4 is 5.69 Å². The molecule has 0 fully saturated rings. The molecule has 1 aromatic heterocycles. The summed E-state index contributed by atoms with van der Waals surface area (Å²) in [4.78, 5) is 0. The van der Waals surface area contributed by atoms with Crippen molar-refractivity contribution in [3.05, 3.63) is 12.4 Å². The summed E-state index contributed by atoms with van der Waals surface area (Å²) in [5.74, 6) is 0. The van der Waals surface area contributed by atoms with E-state index in [2.05, 4.69) is 10.2 Å². The highest BCUT2D eigenvalue weighted by Gasteiger charge is 1.74. The van der Waals surface area contributed by atoms with Crippen molar-refractivity contribution in [1.82, 2.24) is 10.2 Å². The van der Waals surface area contributed by atoms with Crippen LogP contribution in [0.15, 0.2) is 12.4 Å². The first kappa shape index (κ1) is 7.97. The molecule has 0 spiro atoms. The molecule has 1 aromatic rings. The van der Waals surface area contributed by atoms with E-state index in [1.54, 1.807) is 19.3 Å². The summed E-state index contributed by atoms with van der Waals surface area (Å²) >= 11 is 0. The fourth-order valence-electron chi connectivity index (χ4n) is 0.261. The normalized spacial score (nSPS) is 7.78. The Morgan fingerprint density at radius 1 is 1.89 bits per heavy atom. The van der Waals surface area contributed by atoms with Gasteiger partial charge in [-0.05, 0) is 6.92 Å². The summed E-state index contributed by atoms with van der Waals surface area (Å²) in [5.41, 5.74) is 5.86. The standard InChI is InChI=1S/C3H5N3.C2H6O/c4-3-1-5-6-2-3;1-2-3/h1-2H,4H2,(H,5,6);3H,2H2,1H3. The number of aromatic nitrogens is 2. The topological polar surface area (TPSA) is 74.9 Å². The SMILES string of the molecule is CCO.Nc1cn[nH]c1. The molecule has 0 aliphatic rings. The summed E-state index contributed by atoms with van der Waals surface area (Å²) < 4.78 is 0. The van der Waals surface area contributed by atoms with Crippen LogP contribution in [0.5, 0.6) is 0 Å². The lowest BCUT2D eigenvalue weighted by molar-refractivity contribution is 0.318. The number of nitrogens with two attached hydrogens (primary N) is 1. The Labute approximate surface area is 53.7 Å². The van der Waals surface area contributed by atoms with Gasteiger partial charge in [-0.2, -0.15) is 5.10 Å². The number of hydrogen-bond donors (Lipinski definition) is 3. The molecule has 0 aliphatic carbocycles. The van der Waals surface area contributed by atoms with Crippen molar-refractivity contribution in [2.24, 2.45) is 0 Å². The zero-order valence-corrected chi connectivity index (χ0v) is 5.33. The fraction of sp³-hybridized carbons (Fsp3) is 0.400. The van der Waals surface area contributed by atoms with E-state index in [0.717, 1.165) is 0 Å². The summed E-state index contributed by atoms with van der Waals surface area (Å²) in [5, 5.41) is 13.7. The highest BCUT2D eigenvalue weighted by Crippen LogP contribution is 1.88. The van der Waals surface area contributed by atoms with Crippen LogP contribution in [-0.4, -0.2) is 21.9 Å². The molecule has 0 amide bonds. The lowest BCUT2D eigenvalue weighted by atomic mass is 10.6. The van der Waals surface area contributed by atoms with Gasteiger partial charge in [-0.1, -0.05) is 0 Å². The second kappa shape index (κ2) is 5.11. The first-order chi connectivity index (χ1) is 4.31. The third-order valence-electron chi connectivity index (χ3n) is 0.519. The van der Waals surface area contributed by atoms with Crippen molar-refractivity contribution in [3.63, 3.8) is 0 Å². The Kier molecular flexibility index (Phi) is 4.53. The maximum Gasteiger partial charge on any atom is 0.0717 e. The molecule has 4 N–H and O–H groups in total. The van der Waals surface area contributed by atoms with Crippen LogP contribution in [-0.2, 0) is 0 Å². The van der Waals surface area contributed by atoms with Gasteiger partial charge >= 0.3 is 0 Å². The molecule has 0 unspecified atom stereocenters. The number of aromatic amines is 1. The third kappa shape index (κ3) is 4.83. The number of nitrogen functional groups attached to an aromatic ring is 1. The van der Waals surface area contributed by atoms with E-state index in [9.17, 15) is 0 Å². The minimum Gasteiger partial charge on any atom is -0.397 e. The van der Waals surface area contributed by atoms with E-state index >= 15 is 0 Å². The Balaban J connectivity index is 0.000000187. The summed E-state index contributed by atoms with van der Waals surface area (Å²) in [7, 11) is 0. The van der Waals surface area contributed by atoms with Gasteiger partial charge in [0.1, 0.15) is 0 Å². The van der Waals surface area contributed by atoms with Gasteiger partial charge in [0, 0.05) is 12.8 Å². The zero-order valence-electron chi connectivity index (χ0n) is 5.33. The maximum atomic E-state index is 7.57. The Morgan fingerprint density at radius 2 is 2.44 bits per heavy atom. The smallest absolute Gasteiger partial charge is 0.0717 e. The molecule has 0 saturated heterocycles. The number of nitrogens with zero attached hydrogens (tertiary/aromatic N) is 1. The zero-order chi connectivity index (χ0) is 7.11. The van der Waals surface area contributed by atoms with E-state index in [4.69, 9.17) is 10.8 Å². The number of anilines is 1. The third-order valence-corrected chi connectivity index (χ3v) is 0.519. The van der Waals surface area contributed by atoms with Crippen LogP contribution >= 0.6 is 0 Å². The number of aliphatic hydroxyl groups is 1. The van der Waals surface area contributed by atoms with Crippen molar-refractivity contribution < 1.29 is 5.11 Å². The minimum atomic E-state index is 0.250. The van der Waals surface area contributed by atoms with Gasteiger partial charge in [0.15, 0.2) is 0 Å². The van der Waals surface area contributed by atoms with Gasteiger partial charge in [-0.25, -0.2) is 0 Å². The second-order valence-electron chi connectivity index (χ2n) is 1.35. The maximum absolute atomic E-state index is 7.57. The van der Waals surface area contributed by atoms with E-state index in [1.807, 2.05) is 0 Å². The molecule has 0 radical (unpaired) electrons. The first-order valence-electron chi connectivity index (χ1n) is 2.66. The minimum absolute atomic E-state index is 0.250. The van der Waals surface area contributed by atoms with E-state index in [-0.39, 0.29) is 6.61 Å². The molecule has 0 aliphatic heterocycles. The number of H-pyrrole nitrogens is 1. The highest BCUT2D eigenvalue weighted by molar-refractivity contribution is 5.29. The predicted octanol–water partition coefficient (Wildman–Crippen LogP) is -0.00950. The molecule has 4 heteroatoms. The molecule has 0 atom stereocenters. The first-order valence-corrected chi connectivity index (χ1v) is 2.66. The molecule has 0 saturated carbocycles. The van der Waals surface area contributed by atoms with Crippen LogP contribution in [0.4, 0.5) is 5.69 Å².